The SMILES string of the molecule is CCOc1cc(/C=C2\SC(=Nc3ccc(N4CCOCC4)cc3)N(C)C2=O)cc(I)c1OCc1ccc(Br)cc1. The van der Waals surface area contributed by atoms with E-state index in [1.54, 1.807) is 11.9 Å². The highest BCUT2D eigenvalue weighted by molar-refractivity contribution is 14.1. The fourth-order valence-corrected chi connectivity index (χ4v) is 6.32. The Balaban J connectivity index is 1.33. The van der Waals surface area contributed by atoms with Gasteiger partial charge in [0.2, 0.25) is 0 Å². The predicted molar refractivity (Wildman–Crippen MR) is 174 cm³/mol. The summed E-state index contributed by atoms with van der Waals surface area (Å²) < 4.78 is 19.5. The number of morpholine rings is 1. The van der Waals surface area contributed by atoms with Gasteiger partial charge in [0, 0.05) is 30.3 Å². The summed E-state index contributed by atoms with van der Waals surface area (Å²) >= 11 is 7.09. The summed E-state index contributed by atoms with van der Waals surface area (Å²) in [5.74, 6) is 1.26. The lowest BCUT2D eigenvalue weighted by molar-refractivity contribution is -0.121. The summed E-state index contributed by atoms with van der Waals surface area (Å²) in [6, 6.07) is 20.1. The van der Waals surface area contributed by atoms with Crippen molar-refractivity contribution in [1.29, 1.82) is 0 Å². The number of amides is 1. The number of carbonyl (C=O) groups is 1. The molecule has 40 heavy (non-hydrogen) atoms. The number of nitrogens with zero attached hydrogens (tertiary/aromatic N) is 3. The van der Waals surface area contributed by atoms with Crippen LogP contribution in [0.25, 0.3) is 6.08 Å². The molecular formula is C30H29BrIN3O4S. The molecule has 0 atom stereocenters. The molecule has 0 saturated carbocycles. The van der Waals surface area contributed by atoms with E-state index in [2.05, 4.69) is 55.6 Å². The first-order chi connectivity index (χ1) is 19.4. The normalized spacial score (nSPS) is 17.6. The van der Waals surface area contributed by atoms with Gasteiger partial charge in [-0.1, -0.05) is 28.1 Å². The maximum Gasteiger partial charge on any atom is 0.266 e. The van der Waals surface area contributed by atoms with Crippen molar-refractivity contribution in [3.63, 3.8) is 0 Å². The Morgan fingerprint density at radius 1 is 1.07 bits per heavy atom. The summed E-state index contributed by atoms with van der Waals surface area (Å²) in [5.41, 5.74) is 3.89. The van der Waals surface area contributed by atoms with Gasteiger partial charge in [0.1, 0.15) is 6.61 Å². The van der Waals surface area contributed by atoms with Crippen molar-refractivity contribution in [3.8, 4) is 11.5 Å². The van der Waals surface area contributed by atoms with E-state index >= 15 is 0 Å². The number of likely N-dealkylation sites (N-methyl/N-ethyl adjacent to an activating group) is 1. The largest absolute Gasteiger partial charge is 0.490 e. The third-order valence-corrected chi connectivity index (χ3v) is 8.77. The lowest BCUT2D eigenvalue weighted by atomic mass is 10.1. The second-order valence-electron chi connectivity index (χ2n) is 9.16. The van der Waals surface area contributed by atoms with Crippen LogP contribution in [-0.4, -0.2) is 55.9 Å². The number of halogens is 2. The molecule has 3 aromatic carbocycles. The molecule has 5 rings (SSSR count). The number of thioether (sulfide) groups is 1. The van der Waals surface area contributed by atoms with Crippen molar-refractivity contribution < 1.29 is 19.0 Å². The fourth-order valence-electron chi connectivity index (χ4n) is 4.28. The topological polar surface area (TPSA) is 63.6 Å². The van der Waals surface area contributed by atoms with Gasteiger partial charge in [-0.2, -0.15) is 0 Å². The van der Waals surface area contributed by atoms with Gasteiger partial charge in [0.05, 0.1) is 34.0 Å². The van der Waals surface area contributed by atoms with Gasteiger partial charge in [0.25, 0.3) is 5.91 Å². The van der Waals surface area contributed by atoms with Gasteiger partial charge in [-0.25, -0.2) is 4.99 Å². The minimum Gasteiger partial charge on any atom is -0.490 e. The molecule has 2 saturated heterocycles. The molecule has 0 unspecified atom stereocenters. The minimum atomic E-state index is -0.0859. The zero-order chi connectivity index (χ0) is 28.1. The molecular weight excluding hydrogens is 705 g/mol. The summed E-state index contributed by atoms with van der Waals surface area (Å²) in [6.45, 7) is 6.14. The van der Waals surface area contributed by atoms with E-state index in [1.165, 1.54) is 11.8 Å². The van der Waals surface area contributed by atoms with Crippen LogP contribution in [0.5, 0.6) is 11.5 Å². The van der Waals surface area contributed by atoms with Crippen molar-refractivity contribution in [2.45, 2.75) is 13.5 Å². The molecule has 2 heterocycles. The van der Waals surface area contributed by atoms with Crippen LogP contribution in [0, 0.1) is 3.57 Å². The van der Waals surface area contributed by atoms with E-state index in [9.17, 15) is 4.79 Å². The molecule has 2 aliphatic rings. The number of rotatable bonds is 8. The molecule has 10 heteroatoms. The molecule has 2 fully saturated rings. The van der Waals surface area contributed by atoms with E-state index in [0.29, 0.717) is 34.8 Å². The van der Waals surface area contributed by atoms with Crippen LogP contribution in [0.1, 0.15) is 18.1 Å². The summed E-state index contributed by atoms with van der Waals surface area (Å²) in [5, 5.41) is 0.643. The van der Waals surface area contributed by atoms with Crippen LogP contribution in [0.2, 0.25) is 0 Å². The maximum atomic E-state index is 13.1. The van der Waals surface area contributed by atoms with E-state index in [1.807, 2.05) is 61.5 Å². The lowest BCUT2D eigenvalue weighted by Crippen LogP contribution is -2.36. The van der Waals surface area contributed by atoms with E-state index in [-0.39, 0.29) is 5.91 Å². The van der Waals surface area contributed by atoms with Crippen molar-refractivity contribution >= 4 is 78.8 Å². The Kier molecular flexibility index (Phi) is 9.72. The summed E-state index contributed by atoms with van der Waals surface area (Å²) in [7, 11) is 1.76. The predicted octanol–water partition coefficient (Wildman–Crippen LogP) is 7.10. The zero-order valence-corrected chi connectivity index (χ0v) is 26.8. The monoisotopic (exact) mass is 733 g/mol. The van der Waals surface area contributed by atoms with Crippen LogP contribution in [0.4, 0.5) is 11.4 Å². The molecule has 2 aliphatic heterocycles. The smallest absolute Gasteiger partial charge is 0.266 e. The Bertz CT molecular complexity index is 1420. The van der Waals surface area contributed by atoms with Gasteiger partial charge < -0.3 is 19.1 Å². The number of hydrogen-bond donors (Lipinski definition) is 0. The van der Waals surface area contributed by atoms with Gasteiger partial charge in [0.15, 0.2) is 16.7 Å². The first-order valence-electron chi connectivity index (χ1n) is 12.9. The first-order valence-corrected chi connectivity index (χ1v) is 15.6. The second-order valence-corrected chi connectivity index (χ2v) is 12.3. The quantitative estimate of drug-likeness (QED) is 0.182. The lowest BCUT2D eigenvalue weighted by Gasteiger charge is -2.28. The highest BCUT2D eigenvalue weighted by atomic mass is 127. The molecule has 0 radical (unpaired) electrons. The molecule has 0 aliphatic carbocycles. The number of anilines is 1. The second kappa shape index (κ2) is 13.4. The Morgan fingerprint density at radius 2 is 1.80 bits per heavy atom. The number of benzene rings is 3. The first kappa shape index (κ1) is 29.0. The standard InChI is InChI=1S/C30H29BrIN3O4S/c1-3-38-26-17-21(16-25(32)28(26)39-19-20-4-6-22(31)7-5-20)18-27-29(36)34(2)30(40-27)33-23-8-10-24(11-9-23)35-12-14-37-15-13-35/h4-11,16-18H,3,12-15,19H2,1-2H3/b27-18-,33-30?. The fraction of sp³-hybridized carbons (Fsp3) is 0.267. The van der Waals surface area contributed by atoms with Gasteiger partial charge in [-0.3, -0.25) is 9.69 Å². The average Bonchev–Trinajstić information content (AvgIpc) is 3.22. The molecule has 1 amide bonds. The van der Waals surface area contributed by atoms with E-state index in [4.69, 9.17) is 19.2 Å². The van der Waals surface area contributed by atoms with Gasteiger partial charge >= 0.3 is 0 Å². The Hall–Kier alpha value is -2.54. The third kappa shape index (κ3) is 7.02. The zero-order valence-electron chi connectivity index (χ0n) is 22.2. The average molecular weight is 734 g/mol. The number of aliphatic imine (C=N–C) groups is 1. The van der Waals surface area contributed by atoms with Crippen molar-refractivity contribution in [1.82, 2.24) is 4.90 Å². The molecule has 208 valence electrons. The Morgan fingerprint density at radius 3 is 2.50 bits per heavy atom. The highest BCUT2D eigenvalue weighted by Gasteiger charge is 2.30. The van der Waals surface area contributed by atoms with Gasteiger partial charge in [-0.05, 0) is 107 Å². The van der Waals surface area contributed by atoms with Crippen LogP contribution in [-0.2, 0) is 16.1 Å². The molecule has 3 aromatic rings. The van der Waals surface area contributed by atoms with Crippen molar-refractivity contribution in [2.24, 2.45) is 4.99 Å². The molecule has 0 aromatic heterocycles. The van der Waals surface area contributed by atoms with Gasteiger partial charge in [-0.15, -0.1) is 0 Å². The Labute approximate surface area is 260 Å². The minimum absolute atomic E-state index is 0.0859. The maximum absolute atomic E-state index is 13.1. The van der Waals surface area contributed by atoms with Crippen LogP contribution in [0.3, 0.4) is 0 Å². The van der Waals surface area contributed by atoms with Crippen LogP contribution in [0.15, 0.2) is 75.0 Å². The van der Waals surface area contributed by atoms with Crippen molar-refractivity contribution in [3.05, 3.63) is 84.7 Å². The number of hydrogen-bond acceptors (Lipinski definition) is 7. The summed E-state index contributed by atoms with van der Waals surface area (Å²) in [6.07, 6.45) is 1.89. The van der Waals surface area contributed by atoms with Crippen LogP contribution >= 0.6 is 50.3 Å². The molecule has 7 nitrogen and oxygen atoms in total. The van der Waals surface area contributed by atoms with Crippen molar-refractivity contribution in [2.75, 3.05) is 44.9 Å². The van der Waals surface area contributed by atoms with E-state index < -0.39 is 0 Å². The van der Waals surface area contributed by atoms with Crippen LogP contribution < -0.4 is 14.4 Å². The molecule has 0 spiro atoms. The number of amidine groups is 1. The molecule has 0 bridgehead atoms. The molecule has 0 N–H and O–H groups in total. The van der Waals surface area contributed by atoms with E-state index in [0.717, 1.165) is 56.8 Å². The highest BCUT2D eigenvalue weighted by Crippen LogP contribution is 2.38. The number of ether oxygens (including phenoxy) is 3. The summed E-state index contributed by atoms with van der Waals surface area (Å²) in [4.78, 5) is 22.3. The third-order valence-electron chi connectivity index (χ3n) is 6.38. The number of carbonyl (C=O) groups excluding carboxylic acids is 1.